The Bertz CT molecular complexity index is 231. The van der Waals surface area contributed by atoms with Gasteiger partial charge in [0.05, 0.1) is 6.04 Å². The van der Waals surface area contributed by atoms with Gasteiger partial charge in [0.15, 0.2) is 0 Å². The topological polar surface area (TPSA) is 84.2 Å². The molecule has 0 aromatic heterocycles. The van der Waals surface area contributed by atoms with Gasteiger partial charge in [-0.1, -0.05) is 20.3 Å². The Hall–Kier alpha value is -1.10. The molecule has 0 rings (SSSR count). The van der Waals surface area contributed by atoms with Crippen molar-refractivity contribution in [1.82, 2.24) is 10.6 Å². The minimum absolute atomic E-state index is 0.168. The lowest BCUT2D eigenvalue weighted by Gasteiger charge is -2.16. The average Bonchev–Trinajstić information content (AvgIpc) is 2.25. The first-order chi connectivity index (χ1) is 7.52. The summed E-state index contributed by atoms with van der Waals surface area (Å²) in [7, 11) is 0. The summed E-state index contributed by atoms with van der Waals surface area (Å²) in [5.74, 6) is -0.431. The van der Waals surface area contributed by atoms with Gasteiger partial charge in [0.1, 0.15) is 6.04 Å². The summed E-state index contributed by atoms with van der Waals surface area (Å²) in [5, 5.41) is 5.31. The molecule has 5 heteroatoms. The molecule has 94 valence electrons. The number of carbonyl (C=O) groups is 2. The third-order valence-electron chi connectivity index (χ3n) is 2.24. The molecule has 0 saturated carbocycles. The smallest absolute Gasteiger partial charge is 0.242 e. The molecule has 0 aromatic rings. The summed E-state index contributed by atoms with van der Waals surface area (Å²) in [6, 6.07) is -1.05. The number of hydrogen-bond donors (Lipinski definition) is 3. The molecule has 0 radical (unpaired) electrons. The summed E-state index contributed by atoms with van der Waals surface area (Å²) in [5.41, 5.74) is 5.63. The Morgan fingerprint density at radius 2 is 1.81 bits per heavy atom. The first-order valence-electron chi connectivity index (χ1n) is 5.86. The van der Waals surface area contributed by atoms with E-state index in [1.54, 1.807) is 6.92 Å². The highest BCUT2D eigenvalue weighted by Gasteiger charge is 2.18. The molecule has 2 amide bonds. The zero-order valence-electron chi connectivity index (χ0n) is 10.4. The van der Waals surface area contributed by atoms with Crippen molar-refractivity contribution in [3.8, 4) is 0 Å². The number of carbonyl (C=O) groups excluding carboxylic acids is 2. The largest absolute Gasteiger partial charge is 0.354 e. The van der Waals surface area contributed by atoms with E-state index in [2.05, 4.69) is 10.6 Å². The van der Waals surface area contributed by atoms with E-state index in [-0.39, 0.29) is 11.8 Å². The van der Waals surface area contributed by atoms with E-state index in [9.17, 15) is 9.59 Å². The van der Waals surface area contributed by atoms with E-state index >= 15 is 0 Å². The molecule has 0 spiro atoms. The highest BCUT2D eigenvalue weighted by molar-refractivity contribution is 5.89. The van der Waals surface area contributed by atoms with Crippen LogP contribution in [0, 0.1) is 0 Å². The molecule has 0 saturated heterocycles. The SMILES string of the molecule is CCCNC(=O)C(C)NC(=O)C(N)CCC. The van der Waals surface area contributed by atoms with Crippen LogP contribution in [0.2, 0.25) is 0 Å². The van der Waals surface area contributed by atoms with Crippen molar-refractivity contribution in [3.05, 3.63) is 0 Å². The van der Waals surface area contributed by atoms with Crippen molar-refractivity contribution < 1.29 is 9.59 Å². The third kappa shape index (κ3) is 5.70. The van der Waals surface area contributed by atoms with Crippen LogP contribution in [0.25, 0.3) is 0 Å². The fourth-order valence-corrected chi connectivity index (χ4v) is 1.23. The van der Waals surface area contributed by atoms with Crippen molar-refractivity contribution in [2.24, 2.45) is 5.73 Å². The highest BCUT2D eigenvalue weighted by Crippen LogP contribution is 1.94. The number of nitrogens with one attached hydrogen (secondary N) is 2. The third-order valence-corrected chi connectivity index (χ3v) is 2.24. The lowest BCUT2D eigenvalue weighted by Crippen LogP contribution is -2.50. The fourth-order valence-electron chi connectivity index (χ4n) is 1.23. The number of hydrogen-bond acceptors (Lipinski definition) is 3. The normalized spacial score (nSPS) is 14.0. The van der Waals surface area contributed by atoms with E-state index in [0.717, 1.165) is 12.8 Å². The van der Waals surface area contributed by atoms with Gasteiger partial charge in [0, 0.05) is 6.54 Å². The standard InChI is InChI=1S/C11H23N3O2/c1-4-6-9(12)11(16)14-8(3)10(15)13-7-5-2/h8-9H,4-7,12H2,1-3H3,(H,13,15)(H,14,16). The Morgan fingerprint density at radius 1 is 1.19 bits per heavy atom. The second kappa shape index (κ2) is 8.10. The molecule has 5 nitrogen and oxygen atoms in total. The van der Waals surface area contributed by atoms with Gasteiger partial charge in [-0.05, 0) is 19.8 Å². The highest BCUT2D eigenvalue weighted by atomic mass is 16.2. The molecule has 0 bridgehead atoms. The van der Waals surface area contributed by atoms with Crippen molar-refractivity contribution >= 4 is 11.8 Å². The fraction of sp³-hybridized carbons (Fsp3) is 0.818. The van der Waals surface area contributed by atoms with Crippen LogP contribution in [0.1, 0.15) is 40.0 Å². The van der Waals surface area contributed by atoms with Crippen LogP contribution in [0.4, 0.5) is 0 Å². The lowest BCUT2D eigenvalue weighted by atomic mass is 10.1. The van der Waals surface area contributed by atoms with Crippen molar-refractivity contribution in [2.75, 3.05) is 6.54 Å². The molecule has 0 fully saturated rings. The molecular formula is C11H23N3O2. The Labute approximate surface area is 97.2 Å². The molecule has 0 aliphatic rings. The predicted octanol–water partition coefficient (Wildman–Crippen LogP) is 0.145. The Morgan fingerprint density at radius 3 is 2.31 bits per heavy atom. The van der Waals surface area contributed by atoms with Gasteiger partial charge in [-0.15, -0.1) is 0 Å². The van der Waals surface area contributed by atoms with Crippen molar-refractivity contribution in [2.45, 2.75) is 52.1 Å². The summed E-state index contributed by atoms with van der Waals surface area (Å²) in [6.07, 6.45) is 2.36. The molecular weight excluding hydrogens is 206 g/mol. The molecule has 16 heavy (non-hydrogen) atoms. The summed E-state index contributed by atoms with van der Waals surface area (Å²) in [4.78, 5) is 23.0. The van der Waals surface area contributed by atoms with Crippen LogP contribution in [0.3, 0.4) is 0 Å². The molecule has 0 aromatic carbocycles. The maximum Gasteiger partial charge on any atom is 0.242 e. The number of amides is 2. The van der Waals surface area contributed by atoms with Crippen LogP contribution in [0.5, 0.6) is 0 Å². The maximum absolute atomic E-state index is 11.5. The zero-order chi connectivity index (χ0) is 12.6. The molecule has 2 atom stereocenters. The maximum atomic E-state index is 11.5. The van der Waals surface area contributed by atoms with Gasteiger partial charge in [-0.3, -0.25) is 9.59 Å². The quantitative estimate of drug-likeness (QED) is 0.581. The molecule has 0 aliphatic carbocycles. The van der Waals surface area contributed by atoms with Crippen LogP contribution < -0.4 is 16.4 Å². The summed E-state index contributed by atoms with van der Waals surface area (Å²) >= 11 is 0. The molecule has 2 unspecified atom stereocenters. The summed E-state index contributed by atoms with van der Waals surface area (Å²) in [6.45, 7) is 6.22. The van der Waals surface area contributed by atoms with Crippen LogP contribution in [-0.2, 0) is 9.59 Å². The van der Waals surface area contributed by atoms with E-state index in [1.807, 2.05) is 13.8 Å². The Balaban J connectivity index is 3.98. The van der Waals surface area contributed by atoms with Crippen LogP contribution in [0.15, 0.2) is 0 Å². The zero-order valence-corrected chi connectivity index (χ0v) is 10.4. The summed E-state index contributed by atoms with van der Waals surface area (Å²) < 4.78 is 0. The van der Waals surface area contributed by atoms with Gasteiger partial charge in [0.25, 0.3) is 0 Å². The van der Waals surface area contributed by atoms with Gasteiger partial charge in [-0.2, -0.15) is 0 Å². The lowest BCUT2D eigenvalue weighted by molar-refractivity contribution is -0.129. The second-order valence-corrected chi connectivity index (χ2v) is 3.92. The van der Waals surface area contributed by atoms with E-state index in [1.165, 1.54) is 0 Å². The monoisotopic (exact) mass is 229 g/mol. The molecule has 0 heterocycles. The number of rotatable bonds is 7. The predicted molar refractivity (Wildman–Crippen MR) is 63.8 cm³/mol. The van der Waals surface area contributed by atoms with Crippen molar-refractivity contribution in [3.63, 3.8) is 0 Å². The van der Waals surface area contributed by atoms with Gasteiger partial charge < -0.3 is 16.4 Å². The van der Waals surface area contributed by atoms with Crippen molar-refractivity contribution in [1.29, 1.82) is 0 Å². The Kier molecular flexibility index (Phi) is 7.54. The van der Waals surface area contributed by atoms with E-state index < -0.39 is 12.1 Å². The van der Waals surface area contributed by atoms with E-state index in [0.29, 0.717) is 13.0 Å². The second-order valence-electron chi connectivity index (χ2n) is 3.92. The van der Waals surface area contributed by atoms with Crippen LogP contribution >= 0.6 is 0 Å². The first kappa shape index (κ1) is 14.9. The molecule has 4 N–H and O–H groups in total. The minimum Gasteiger partial charge on any atom is -0.354 e. The van der Waals surface area contributed by atoms with Gasteiger partial charge in [-0.25, -0.2) is 0 Å². The minimum atomic E-state index is -0.526. The number of nitrogens with two attached hydrogens (primary N) is 1. The van der Waals surface area contributed by atoms with Gasteiger partial charge >= 0.3 is 0 Å². The van der Waals surface area contributed by atoms with E-state index in [4.69, 9.17) is 5.73 Å². The van der Waals surface area contributed by atoms with Gasteiger partial charge in [0.2, 0.25) is 11.8 Å². The molecule has 0 aliphatic heterocycles. The van der Waals surface area contributed by atoms with Crippen LogP contribution in [-0.4, -0.2) is 30.4 Å². The first-order valence-corrected chi connectivity index (χ1v) is 5.86. The average molecular weight is 229 g/mol.